The number of hydrogen-bond donors (Lipinski definition) is 5. The first-order valence-corrected chi connectivity index (χ1v) is 15.9. The Hall–Kier alpha value is -3.81. The van der Waals surface area contributed by atoms with Crippen LogP contribution < -0.4 is 30.7 Å². The summed E-state index contributed by atoms with van der Waals surface area (Å²) in [6.07, 6.45) is 3.00. The number of nitrogens with one attached hydrogen (secondary N) is 4. The number of benzene rings is 2. The summed E-state index contributed by atoms with van der Waals surface area (Å²) in [5.74, 6) is 0.674. The van der Waals surface area contributed by atoms with E-state index in [9.17, 15) is 18.3 Å². The fourth-order valence-electron chi connectivity index (χ4n) is 5.11. The zero-order valence-electron chi connectivity index (χ0n) is 26.3. The summed E-state index contributed by atoms with van der Waals surface area (Å²) in [4.78, 5) is 20.3. The van der Waals surface area contributed by atoms with Gasteiger partial charge < -0.3 is 25.5 Å². The van der Waals surface area contributed by atoms with E-state index >= 15 is 0 Å². The number of anilines is 3. The van der Waals surface area contributed by atoms with E-state index < -0.39 is 15.4 Å². The quantitative estimate of drug-likeness (QED) is 0.287. The van der Waals surface area contributed by atoms with Crippen molar-refractivity contribution in [1.29, 1.82) is 0 Å². The van der Waals surface area contributed by atoms with Gasteiger partial charge in [0.15, 0.2) is 5.75 Å². The van der Waals surface area contributed by atoms with Crippen molar-refractivity contribution in [3.63, 3.8) is 0 Å². The molecule has 234 valence electrons. The van der Waals surface area contributed by atoms with Gasteiger partial charge in [0, 0.05) is 24.2 Å². The molecule has 13 heteroatoms. The molecular formula is C30H43N7O5S. The van der Waals surface area contributed by atoms with Crippen LogP contribution >= 0.6 is 0 Å². The molecule has 2 aliphatic rings. The van der Waals surface area contributed by atoms with Crippen molar-refractivity contribution >= 4 is 38.8 Å². The first-order valence-electron chi connectivity index (χ1n) is 14.0. The van der Waals surface area contributed by atoms with Crippen LogP contribution in [0.15, 0.2) is 47.2 Å². The summed E-state index contributed by atoms with van der Waals surface area (Å²) >= 11 is 0. The van der Waals surface area contributed by atoms with E-state index in [2.05, 4.69) is 25.9 Å². The second kappa shape index (κ2) is 11.7. The van der Waals surface area contributed by atoms with Gasteiger partial charge in [0.1, 0.15) is 5.84 Å². The number of hydrogen-bond acceptors (Lipinski definition) is 10. The molecule has 0 saturated carbocycles. The molecule has 5 N–H and O–H groups in total. The number of rotatable bonds is 9. The van der Waals surface area contributed by atoms with Gasteiger partial charge in [-0.3, -0.25) is 19.5 Å². The average molecular weight is 614 g/mol. The van der Waals surface area contributed by atoms with E-state index in [1.165, 1.54) is 7.11 Å². The molecular weight excluding hydrogens is 570 g/mol. The molecule has 0 aromatic heterocycles. The zero-order chi connectivity index (χ0) is 31.9. The van der Waals surface area contributed by atoms with Gasteiger partial charge in [0.25, 0.3) is 5.91 Å². The Morgan fingerprint density at radius 2 is 1.84 bits per heavy atom. The van der Waals surface area contributed by atoms with E-state index in [1.807, 2.05) is 65.9 Å². The number of amidine groups is 1. The predicted molar refractivity (Wildman–Crippen MR) is 171 cm³/mol. The van der Waals surface area contributed by atoms with Gasteiger partial charge in [-0.05, 0) is 47.7 Å². The summed E-state index contributed by atoms with van der Waals surface area (Å²) in [6, 6.07) is 8.86. The maximum Gasteiger partial charge on any atom is 0.255 e. The minimum absolute atomic E-state index is 0.00427. The number of aliphatic hydroxyl groups is 1. The summed E-state index contributed by atoms with van der Waals surface area (Å²) in [7, 11) is -0.210. The number of methoxy groups -OCH3 is 1. The van der Waals surface area contributed by atoms with Crippen molar-refractivity contribution < 1.29 is 23.1 Å². The zero-order valence-corrected chi connectivity index (χ0v) is 27.1. The van der Waals surface area contributed by atoms with E-state index in [0.717, 1.165) is 34.6 Å². The fraction of sp³-hybridized carbons (Fsp3) is 0.467. The number of hydrazine groups is 2. The van der Waals surface area contributed by atoms with Gasteiger partial charge in [-0.25, -0.2) is 8.42 Å². The molecule has 0 aliphatic carbocycles. The first kappa shape index (κ1) is 32.1. The van der Waals surface area contributed by atoms with Crippen molar-refractivity contribution in [2.24, 2.45) is 10.4 Å². The van der Waals surface area contributed by atoms with Crippen LogP contribution in [0, 0.1) is 12.3 Å². The number of amides is 1. The Kier molecular flexibility index (Phi) is 8.74. The highest BCUT2D eigenvalue weighted by molar-refractivity contribution is 7.92. The number of carbonyl (C=O) groups excluding carboxylic acids is 1. The molecule has 1 amide bonds. The van der Waals surface area contributed by atoms with Crippen molar-refractivity contribution in [3.8, 4) is 5.75 Å². The van der Waals surface area contributed by atoms with Gasteiger partial charge in [-0.15, -0.1) is 5.53 Å². The third-order valence-corrected chi connectivity index (χ3v) is 8.19. The number of nitrogens with zero attached hydrogens (tertiary/aromatic N) is 3. The molecule has 1 unspecified atom stereocenters. The lowest BCUT2D eigenvalue weighted by Crippen LogP contribution is -2.45. The third-order valence-electron chi connectivity index (χ3n) is 7.60. The highest BCUT2D eigenvalue weighted by Crippen LogP contribution is 2.39. The molecule has 12 nitrogen and oxygen atoms in total. The Balaban J connectivity index is 1.61. The van der Waals surface area contributed by atoms with Crippen molar-refractivity contribution in [2.75, 3.05) is 48.6 Å². The fourth-order valence-corrected chi connectivity index (χ4v) is 5.66. The van der Waals surface area contributed by atoms with Crippen LogP contribution in [0.2, 0.25) is 0 Å². The highest BCUT2D eigenvalue weighted by Gasteiger charge is 2.37. The number of aryl methyl sites for hydroxylation is 1. The lowest BCUT2D eigenvalue weighted by atomic mass is 9.86. The summed E-state index contributed by atoms with van der Waals surface area (Å²) in [5.41, 5.74) is 10.0. The number of ether oxygens (including phenoxy) is 1. The third kappa shape index (κ3) is 6.89. The lowest BCUT2D eigenvalue weighted by Gasteiger charge is -2.31. The smallest absolute Gasteiger partial charge is 0.255 e. The van der Waals surface area contributed by atoms with Gasteiger partial charge in [0.05, 0.1) is 55.3 Å². The normalized spacial score (nSPS) is 17.4. The van der Waals surface area contributed by atoms with Crippen molar-refractivity contribution in [1.82, 2.24) is 15.9 Å². The minimum atomic E-state index is -3.60. The molecule has 2 aromatic rings. The lowest BCUT2D eigenvalue weighted by molar-refractivity contribution is 0.102. The van der Waals surface area contributed by atoms with Crippen molar-refractivity contribution in [2.45, 2.75) is 53.0 Å². The molecule has 43 heavy (non-hydrogen) atoms. The number of sulfonamides is 1. The summed E-state index contributed by atoms with van der Waals surface area (Å²) < 4.78 is 32.2. The Morgan fingerprint density at radius 3 is 2.44 bits per heavy atom. The van der Waals surface area contributed by atoms with Crippen LogP contribution in [0.4, 0.5) is 17.1 Å². The molecule has 2 heterocycles. The number of carbonyl (C=O) groups is 1. The van der Waals surface area contributed by atoms with Crippen molar-refractivity contribution in [3.05, 3.63) is 58.9 Å². The van der Waals surface area contributed by atoms with Crippen LogP contribution in [0.1, 0.15) is 56.1 Å². The standard InChI is InChI=1S/C30H43N7O5S/c1-18-10-11-19(12-24(18)37-16-23(33-35-37)25-15-31-28(36(25)7)30(5,6)17-38)27(39)32-21-13-20(29(2,3)4)14-22(26(21)42-8)34-43(9,40)41/h10-14,16,25,33-35,38H,15,17H2,1-9H3,(H,32,39). The van der Waals surface area contributed by atoms with Gasteiger partial charge in [0.2, 0.25) is 10.0 Å². The summed E-state index contributed by atoms with van der Waals surface area (Å²) in [6.45, 7) is 12.4. The molecule has 0 spiro atoms. The number of aliphatic imine (C=N–C) groups is 1. The van der Waals surface area contributed by atoms with Crippen LogP contribution in [0.25, 0.3) is 0 Å². The Morgan fingerprint density at radius 1 is 1.16 bits per heavy atom. The topological polar surface area (TPSA) is 148 Å². The largest absolute Gasteiger partial charge is 0.492 e. The van der Waals surface area contributed by atoms with Gasteiger partial charge in [-0.2, -0.15) is 0 Å². The maximum atomic E-state index is 13.6. The molecule has 2 aromatic carbocycles. The minimum Gasteiger partial charge on any atom is -0.492 e. The molecule has 0 radical (unpaired) electrons. The SMILES string of the molecule is COc1c(NC(=O)c2ccc(C)c(N3C=C(C4CN=C(C(C)(C)CO)N4C)NN3)c2)cc(C(C)(C)C)cc1NS(C)(=O)=O. The number of aliphatic hydroxyl groups excluding tert-OH is 1. The monoisotopic (exact) mass is 613 g/mol. The maximum absolute atomic E-state index is 13.6. The van der Waals surface area contributed by atoms with Crippen LogP contribution in [-0.2, 0) is 15.4 Å². The molecule has 2 aliphatic heterocycles. The van der Waals surface area contributed by atoms with E-state index in [-0.39, 0.29) is 35.4 Å². The molecule has 4 rings (SSSR count). The van der Waals surface area contributed by atoms with Crippen LogP contribution in [0.5, 0.6) is 5.75 Å². The number of likely N-dealkylation sites (N-methyl/N-ethyl adjacent to an activating group) is 1. The highest BCUT2D eigenvalue weighted by atomic mass is 32.2. The van der Waals surface area contributed by atoms with Crippen LogP contribution in [-0.4, -0.2) is 69.8 Å². The summed E-state index contributed by atoms with van der Waals surface area (Å²) in [5, 5.41) is 14.6. The second-order valence-electron chi connectivity index (χ2n) is 12.7. The molecule has 0 fully saturated rings. The first-order chi connectivity index (χ1) is 19.9. The van der Waals surface area contributed by atoms with Crippen LogP contribution in [0.3, 0.4) is 0 Å². The Labute approximate surface area is 254 Å². The molecule has 0 saturated heterocycles. The molecule has 0 bridgehead atoms. The molecule has 1 atom stereocenters. The predicted octanol–water partition coefficient (Wildman–Crippen LogP) is 3.33. The van der Waals surface area contributed by atoms with Gasteiger partial charge in [-0.1, -0.05) is 40.7 Å². The van der Waals surface area contributed by atoms with Gasteiger partial charge >= 0.3 is 0 Å². The Bertz CT molecular complexity index is 1580. The van der Waals surface area contributed by atoms with E-state index in [4.69, 9.17) is 9.73 Å². The second-order valence-corrected chi connectivity index (χ2v) is 14.5. The van der Waals surface area contributed by atoms with E-state index in [1.54, 1.807) is 24.3 Å². The average Bonchev–Trinajstić information content (AvgIpc) is 3.54. The van der Waals surface area contributed by atoms with E-state index in [0.29, 0.717) is 17.8 Å².